The minimum Gasteiger partial charge on any atom is -0.461 e. The lowest BCUT2D eigenvalue weighted by molar-refractivity contribution is 0.0520. The quantitative estimate of drug-likeness (QED) is 0.798. The van der Waals surface area contributed by atoms with E-state index in [1.165, 1.54) is 24.7 Å². The minimum atomic E-state index is -0.638. The molecule has 19 heavy (non-hydrogen) atoms. The molecule has 0 radical (unpaired) electrons. The van der Waals surface area contributed by atoms with E-state index in [1.807, 2.05) is 0 Å². The van der Waals surface area contributed by atoms with Crippen LogP contribution in [-0.2, 0) is 11.3 Å². The standard InChI is InChI=1S/C13H12F2N2O2/c1-2-19-13(18)12-7-17(8-16-12)6-9-3-10(14)5-11(15)4-9/h3-5,7-8H,2,6H2,1H3. The fourth-order valence-corrected chi connectivity index (χ4v) is 1.67. The van der Waals surface area contributed by atoms with Gasteiger partial charge in [0.2, 0.25) is 0 Å². The predicted molar refractivity (Wildman–Crippen MR) is 63.6 cm³/mol. The fourth-order valence-electron chi connectivity index (χ4n) is 1.67. The summed E-state index contributed by atoms with van der Waals surface area (Å²) in [4.78, 5) is 15.3. The normalized spacial score (nSPS) is 10.5. The molecule has 0 aliphatic rings. The molecule has 6 heteroatoms. The molecule has 100 valence electrons. The second-order valence-corrected chi connectivity index (χ2v) is 3.93. The molecule has 0 saturated heterocycles. The number of aromatic nitrogens is 2. The molecule has 0 aliphatic heterocycles. The summed E-state index contributed by atoms with van der Waals surface area (Å²) in [6, 6.07) is 3.27. The summed E-state index contributed by atoms with van der Waals surface area (Å²) < 4.78 is 32.4. The molecule has 0 N–H and O–H groups in total. The van der Waals surface area contributed by atoms with Gasteiger partial charge < -0.3 is 9.30 Å². The molecule has 2 aromatic rings. The fraction of sp³-hybridized carbons (Fsp3) is 0.231. The van der Waals surface area contributed by atoms with Crippen LogP contribution in [0.3, 0.4) is 0 Å². The molecule has 1 heterocycles. The monoisotopic (exact) mass is 266 g/mol. The van der Waals surface area contributed by atoms with Crippen LogP contribution in [-0.4, -0.2) is 22.1 Å². The van der Waals surface area contributed by atoms with Gasteiger partial charge in [-0.05, 0) is 24.6 Å². The highest BCUT2D eigenvalue weighted by atomic mass is 19.1. The second kappa shape index (κ2) is 5.60. The van der Waals surface area contributed by atoms with Crippen molar-refractivity contribution in [3.05, 3.63) is 53.6 Å². The number of halogens is 2. The Morgan fingerprint density at radius 2 is 2.00 bits per heavy atom. The third-order valence-electron chi connectivity index (χ3n) is 2.41. The number of benzene rings is 1. The summed E-state index contributed by atoms with van der Waals surface area (Å²) in [5.41, 5.74) is 0.615. The summed E-state index contributed by atoms with van der Waals surface area (Å²) in [5.74, 6) is -1.80. The Kier molecular flexibility index (Phi) is 3.89. The lowest BCUT2D eigenvalue weighted by Crippen LogP contribution is -2.05. The van der Waals surface area contributed by atoms with E-state index in [2.05, 4.69) is 4.98 Å². The van der Waals surface area contributed by atoms with Crippen molar-refractivity contribution in [3.8, 4) is 0 Å². The Balaban J connectivity index is 2.13. The van der Waals surface area contributed by atoms with E-state index in [0.717, 1.165) is 6.07 Å². The zero-order valence-electron chi connectivity index (χ0n) is 10.3. The van der Waals surface area contributed by atoms with Crippen LogP contribution in [0.25, 0.3) is 0 Å². The first kappa shape index (κ1) is 13.2. The van der Waals surface area contributed by atoms with Crippen molar-refractivity contribution in [2.24, 2.45) is 0 Å². The molecule has 4 nitrogen and oxygen atoms in total. The minimum absolute atomic E-state index is 0.165. The Hall–Kier alpha value is -2.24. The Morgan fingerprint density at radius 1 is 1.32 bits per heavy atom. The van der Waals surface area contributed by atoms with Gasteiger partial charge in [0.15, 0.2) is 5.69 Å². The van der Waals surface area contributed by atoms with Gasteiger partial charge in [0.25, 0.3) is 0 Å². The summed E-state index contributed by atoms with van der Waals surface area (Å²) in [6.45, 7) is 2.19. The molecule has 0 aliphatic carbocycles. The van der Waals surface area contributed by atoms with Crippen LogP contribution < -0.4 is 0 Å². The molecule has 1 aromatic heterocycles. The maximum absolute atomic E-state index is 13.0. The second-order valence-electron chi connectivity index (χ2n) is 3.93. The van der Waals surface area contributed by atoms with E-state index in [9.17, 15) is 13.6 Å². The van der Waals surface area contributed by atoms with Gasteiger partial charge in [-0.1, -0.05) is 0 Å². The lowest BCUT2D eigenvalue weighted by atomic mass is 10.2. The topological polar surface area (TPSA) is 44.1 Å². The zero-order chi connectivity index (χ0) is 13.8. The molecule has 0 unspecified atom stereocenters. The average molecular weight is 266 g/mol. The number of ether oxygens (including phenoxy) is 1. The SMILES string of the molecule is CCOC(=O)c1cn(Cc2cc(F)cc(F)c2)cn1. The predicted octanol–water partition coefficient (Wildman–Crippen LogP) is 2.39. The van der Waals surface area contributed by atoms with Gasteiger partial charge in [-0.2, -0.15) is 0 Å². The number of carbonyl (C=O) groups excluding carboxylic acids is 1. The molecule has 0 fully saturated rings. The zero-order valence-corrected chi connectivity index (χ0v) is 10.3. The first-order valence-corrected chi connectivity index (χ1v) is 5.72. The highest BCUT2D eigenvalue weighted by Gasteiger charge is 2.10. The number of esters is 1. The van der Waals surface area contributed by atoms with E-state index in [1.54, 1.807) is 11.5 Å². The van der Waals surface area contributed by atoms with E-state index in [0.29, 0.717) is 5.56 Å². The average Bonchev–Trinajstić information content (AvgIpc) is 2.76. The van der Waals surface area contributed by atoms with Gasteiger partial charge in [-0.3, -0.25) is 0 Å². The van der Waals surface area contributed by atoms with Gasteiger partial charge in [-0.15, -0.1) is 0 Å². The van der Waals surface area contributed by atoms with Crippen LogP contribution in [0, 0.1) is 11.6 Å². The maximum atomic E-state index is 13.0. The van der Waals surface area contributed by atoms with Gasteiger partial charge in [0.1, 0.15) is 11.6 Å². The summed E-state index contributed by atoms with van der Waals surface area (Å²) in [6.07, 6.45) is 2.88. The summed E-state index contributed by atoms with van der Waals surface area (Å²) in [7, 11) is 0. The van der Waals surface area contributed by atoms with Crippen LogP contribution in [0.4, 0.5) is 8.78 Å². The molecule has 0 amide bonds. The van der Waals surface area contributed by atoms with Gasteiger partial charge in [-0.25, -0.2) is 18.6 Å². The van der Waals surface area contributed by atoms with Gasteiger partial charge >= 0.3 is 5.97 Å². The number of carbonyl (C=O) groups is 1. The number of rotatable bonds is 4. The van der Waals surface area contributed by atoms with Crippen molar-refractivity contribution in [2.75, 3.05) is 6.61 Å². The first-order chi connectivity index (χ1) is 9.08. The van der Waals surface area contributed by atoms with Crippen LogP contribution in [0.1, 0.15) is 23.0 Å². The third kappa shape index (κ3) is 3.37. The smallest absolute Gasteiger partial charge is 0.358 e. The van der Waals surface area contributed by atoms with E-state index >= 15 is 0 Å². The largest absolute Gasteiger partial charge is 0.461 e. The van der Waals surface area contributed by atoms with Crippen molar-refractivity contribution in [2.45, 2.75) is 13.5 Å². The lowest BCUT2D eigenvalue weighted by Gasteiger charge is -2.03. The Bertz CT molecular complexity index is 576. The molecule has 1 aromatic carbocycles. The third-order valence-corrected chi connectivity index (χ3v) is 2.41. The Morgan fingerprint density at radius 3 is 2.63 bits per heavy atom. The van der Waals surface area contributed by atoms with Crippen LogP contribution in [0.5, 0.6) is 0 Å². The molecule has 2 rings (SSSR count). The molecular weight excluding hydrogens is 254 g/mol. The summed E-state index contributed by atoms with van der Waals surface area (Å²) >= 11 is 0. The van der Waals surface area contributed by atoms with Crippen molar-refractivity contribution in [1.82, 2.24) is 9.55 Å². The van der Waals surface area contributed by atoms with Crippen molar-refractivity contribution in [1.29, 1.82) is 0 Å². The van der Waals surface area contributed by atoms with E-state index < -0.39 is 17.6 Å². The van der Waals surface area contributed by atoms with Crippen LogP contribution in [0.2, 0.25) is 0 Å². The van der Waals surface area contributed by atoms with Gasteiger partial charge in [0, 0.05) is 18.8 Å². The van der Waals surface area contributed by atoms with Crippen LogP contribution in [0.15, 0.2) is 30.7 Å². The molecular formula is C13H12F2N2O2. The molecule has 0 spiro atoms. The van der Waals surface area contributed by atoms with Crippen molar-refractivity contribution >= 4 is 5.97 Å². The van der Waals surface area contributed by atoms with Crippen molar-refractivity contribution in [3.63, 3.8) is 0 Å². The molecule has 0 saturated carbocycles. The number of hydrogen-bond acceptors (Lipinski definition) is 3. The highest BCUT2D eigenvalue weighted by Crippen LogP contribution is 2.10. The molecule has 0 atom stereocenters. The first-order valence-electron chi connectivity index (χ1n) is 5.72. The van der Waals surface area contributed by atoms with Crippen LogP contribution >= 0.6 is 0 Å². The number of imidazole rings is 1. The highest BCUT2D eigenvalue weighted by molar-refractivity contribution is 5.86. The maximum Gasteiger partial charge on any atom is 0.358 e. The summed E-state index contributed by atoms with van der Waals surface area (Å²) in [5, 5.41) is 0. The van der Waals surface area contributed by atoms with Gasteiger partial charge in [0.05, 0.1) is 12.9 Å². The molecule has 0 bridgehead atoms. The Labute approximate surface area is 108 Å². The van der Waals surface area contributed by atoms with E-state index in [4.69, 9.17) is 4.74 Å². The van der Waals surface area contributed by atoms with Crippen molar-refractivity contribution < 1.29 is 18.3 Å². The number of nitrogens with zero attached hydrogens (tertiary/aromatic N) is 2. The number of hydrogen-bond donors (Lipinski definition) is 0. The van der Waals surface area contributed by atoms with E-state index in [-0.39, 0.29) is 18.8 Å².